The maximum absolute atomic E-state index is 10.5. The van der Waals surface area contributed by atoms with E-state index in [2.05, 4.69) is 5.32 Å². The summed E-state index contributed by atoms with van der Waals surface area (Å²) in [5.41, 5.74) is 5.12. The third-order valence-electron chi connectivity index (χ3n) is 0.915. The van der Waals surface area contributed by atoms with E-state index < -0.39 is 12.0 Å². The number of carboxylic acids is 1. The highest BCUT2D eigenvalue weighted by Gasteiger charge is 2.12. The molecule has 0 aromatic heterocycles. The summed E-state index contributed by atoms with van der Waals surface area (Å²) in [5.74, 6) is -1.00. The Hall–Kier alpha value is -0.750. The molecule has 1 amide bonds. The second kappa shape index (κ2) is 4.97. The number of nitrogens with one attached hydrogen (secondary N) is 1. The Morgan fingerprint density at radius 3 is 2.64 bits per heavy atom. The third-order valence-corrected chi connectivity index (χ3v) is 1.91. The lowest BCUT2D eigenvalue weighted by Crippen LogP contribution is -2.33. The Labute approximate surface area is 68.3 Å². The van der Waals surface area contributed by atoms with Crippen LogP contribution in [0.5, 0.6) is 0 Å². The molecule has 0 aromatic carbocycles. The van der Waals surface area contributed by atoms with Gasteiger partial charge in [-0.2, -0.15) is 0 Å². The van der Waals surface area contributed by atoms with Crippen LogP contribution in [0, 0.1) is 0 Å². The molecular formula is C5H10N2O3S. The minimum absolute atomic E-state index is 0.0923. The molecule has 0 aliphatic carbocycles. The highest BCUT2D eigenvalue weighted by molar-refractivity contribution is 8.13. The number of carbonyl (C=O) groups excluding carboxylic acids is 1. The molecule has 1 atom stereocenters. The van der Waals surface area contributed by atoms with Crippen molar-refractivity contribution in [1.29, 1.82) is 0 Å². The molecule has 0 aromatic rings. The predicted molar refractivity (Wildman–Crippen MR) is 42.5 cm³/mol. The van der Waals surface area contributed by atoms with Gasteiger partial charge in [0.15, 0.2) is 0 Å². The van der Waals surface area contributed by atoms with Gasteiger partial charge in [-0.3, -0.25) is 9.59 Å². The van der Waals surface area contributed by atoms with Crippen LogP contribution in [0.2, 0.25) is 0 Å². The molecule has 4 N–H and O–H groups in total. The first-order valence-electron chi connectivity index (χ1n) is 2.90. The van der Waals surface area contributed by atoms with Gasteiger partial charge >= 0.3 is 5.97 Å². The Balaban J connectivity index is 3.54. The van der Waals surface area contributed by atoms with E-state index in [-0.39, 0.29) is 11.0 Å². The number of carboxylic acid groups (broad SMARTS) is 1. The van der Waals surface area contributed by atoms with Crippen molar-refractivity contribution in [2.24, 2.45) is 5.73 Å². The van der Waals surface area contributed by atoms with Gasteiger partial charge in [-0.05, 0) is 0 Å². The van der Waals surface area contributed by atoms with Gasteiger partial charge in [-0.25, -0.2) is 0 Å². The molecule has 0 fully saturated rings. The molecule has 0 bridgehead atoms. The number of thioether (sulfide) groups is 1. The monoisotopic (exact) mass is 178 g/mol. The number of carbonyl (C=O) groups is 2. The van der Waals surface area contributed by atoms with Gasteiger partial charge in [-0.15, -0.1) is 0 Å². The van der Waals surface area contributed by atoms with Gasteiger partial charge < -0.3 is 16.2 Å². The first-order valence-corrected chi connectivity index (χ1v) is 3.89. The summed E-state index contributed by atoms with van der Waals surface area (Å²) in [4.78, 5) is 20.7. The van der Waals surface area contributed by atoms with Crippen molar-refractivity contribution in [2.45, 2.75) is 6.04 Å². The number of hydrogen-bond acceptors (Lipinski definition) is 4. The molecule has 0 rings (SSSR count). The average molecular weight is 178 g/mol. The molecule has 0 heterocycles. The highest BCUT2D eigenvalue weighted by Crippen LogP contribution is 2.01. The quantitative estimate of drug-likeness (QED) is 0.540. The van der Waals surface area contributed by atoms with Crippen molar-refractivity contribution >= 4 is 23.0 Å². The molecular weight excluding hydrogens is 168 g/mol. The summed E-state index contributed by atoms with van der Waals surface area (Å²) in [6, 6.07) is -0.975. The molecule has 11 heavy (non-hydrogen) atoms. The largest absolute Gasteiger partial charge is 0.480 e. The third kappa shape index (κ3) is 4.63. The molecule has 64 valence electrons. The summed E-state index contributed by atoms with van der Waals surface area (Å²) < 4.78 is 0. The Morgan fingerprint density at radius 2 is 2.27 bits per heavy atom. The fraction of sp³-hybridized carbons (Fsp3) is 0.600. The summed E-state index contributed by atoms with van der Waals surface area (Å²) in [7, 11) is 1.47. The van der Waals surface area contributed by atoms with Crippen LogP contribution in [-0.4, -0.2) is 35.2 Å². The smallest absolute Gasteiger partial charge is 0.321 e. The van der Waals surface area contributed by atoms with Gasteiger partial charge in [0, 0.05) is 12.8 Å². The molecule has 6 heteroatoms. The van der Waals surface area contributed by atoms with Crippen LogP contribution in [0.4, 0.5) is 4.79 Å². The lowest BCUT2D eigenvalue weighted by molar-refractivity contribution is -0.137. The van der Waals surface area contributed by atoms with Crippen molar-refractivity contribution in [2.75, 3.05) is 12.8 Å². The molecule has 0 saturated carbocycles. The van der Waals surface area contributed by atoms with E-state index in [9.17, 15) is 9.59 Å². The van der Waals surface area contributed by atoms with E-state index in [1.807, 2.05) is 0 Å². The molecule has 0 unspecified atom stereocenters. The van der Waals surface area contributed by atoms with E-state index in [1.165, 1.54) is 7.05 Å². The number of nitrogens with two attached hydrogens (primary N) is 1. The van der Waals surface area contributed by atoms with E-state index in [0.717, 1.165) is 11.8 Å². The lowest BCUT2D eigenvalue weighted by atomic mass is 10.4. The zero-order valence-electron chi connectivity index (χ0n) is 6.03. The Bertz CT molecular complexity index is 162. The Morgan fingerprint density at radius 1 is 1.73 bits per heavy atom. The lowest BCUT2D eigenvalue weighted by Gasteiger charge is -2.03. The van der Waals surface area contributed by atoms with Gasteiger partial charge in [0.2, 0.25) is 0 Å². The minimum Gasteiger partial charge on any atom is -0.480 e. The predicted octanol–water partition coefficient (Wildman–Crippen LogP) is -0.529. The summed E-state index contributed by atoms with van der Waals surface area (Å²) in [6.07, 6.45) is 0. The van der Waals surface area contributed by atoms with E-state index in [4.69, 9.17) is 10.8 Å². The van der Waals surface area contributed by atoms with Crippen molar-refractivity contribution in [1.82, 2.24) is 5.32 Å². The van der Waals surface area contributed by atoms with Crippen molar-refractivity contribution in [3.8, 4) is 0 Å². The second-order valence-electron chi connectivity index (χ2n) is 1.79. The Kier molecular flexibility index (Phi) is 4.64. The summed E-state index contributed by atoms with van der Waals surface area (Å²) in [6.45, 7) is 0. The summed E-state index contributed by atoms with van der Waals surface area (Å²) in [5, 5.41) is 10.4. The number of rotatable bonds is 3. The molecule has 0 saturated heterocycles. The van der Waals surface area contributed by atoms with E-state index in [0.29, 0.717) is 0 Å². The van der Waals surface area contributed by atoms with Crippen molar-refractivity contribution in [3.05, 3.63) is 0 Å². The van der Waals surface area contributed by atoms with Crippen molar-refractivity contribution in [3.63, 3.8) is 0 Å². The fourth-order valence-electron chi connectivity index (χ4n) is 0.309. The molecule has 0 spiro atoms. The number of hydrogen-bond donors (Lipinski definition) is 3. The van der Waals surface area contributed by atoms with E-state index >= 15 is 0 Å². The van der Waals surface area contributed by atoms with Gasteiger partial charge in [0.05, 0.1) is 0 Å². The normalized spacial score (nSPS) is 12.2. The van der Waals surface area contributed by atoms with Crippen LogP contribution in [0.15, 0.2) is 0 Å². The van der Waals surface area contributed by atoms with Crippen LogP contribution in [0.1, 0.15) is 0 Å². The van der Waals surface area contributed by atoms with Crippen molar-refractivity contribution < 1.29 is 14.7 Å². The number of aliphatic carboxylic acids is 1. The molecule has 5 nitrogen and oxygen atoms in total. The topological polar surface area (TPSA) is 92.4 Å². The minimum atomic E-state index is -1.10. The van der Waals surface area contributed by atoms with Crippen LogP contribution in [-0.2, 0) is 4.79 Å². The van der Waals surface area contributed by atoms with Crippen LogP contribution >= 0.6 is 11.8 Å². The number of amides is 1. The maximum atomic E-state index is 10.5. The second-order valence-corrected chi connectivity index (χ2v) is 2.79. The van der Waals surface area contributed by atoms with Gasteiger partial charge in [0.1, 0.15) is 6.04 Å². The fourth-order valence-corrected chi connectivity index (χ4v) is 0.927. The van der Waals surface area contributed by atoms with Gasteiger partial charge in [-0.1, -0.05) is 11.8 Å². The standard InChI is InChI=1S/C5H10N2O3S/c1-7-5(10)11-2-3(6)4(8)9/h3H,2,6H2,1H3,(H,7,10)(H,8,9)/t3-/m0/s1. The first kappa shape index (κ1) is 10.2. The van der Waals surface area contributed by atoms with Crippen LogP contribution in [0.3, 0.4) is 0 Å². The SMILES string of the molecule is CNC(=O)SC[C@H](N)C(=O)O. The highest BCUT2D eigenvalue weighted by atomic mass is 32.2. The van der Waals surface area contributed by atoms with Gasteiger partial charge in [0.25, 0.3) is 5.24 Å². The summed E-state index contributed by atoms with van der Waals surface area (Å²) >= 11 is 0.857. The van der Waals surface area contributed by atoms with Crippen LogP contribution in [0.25, 0.3) is 0 Å². The average Bonchev–Trinajstić information content (AvgIpc) is 1.99. The first-order chi connectivity index (χ1) is 5.07. The molecule has 0 aliphatic rings. The zero-order chi connectivity index (χ0) is 8.85. The zero-order valence-corrected chi connectivity index (χ0v) is 6.85. The molecule has 0 radical (unpaired) electrons. The van der Waals surface area contributed by atoms with Crippen LogP contribution < -0.4 is 11.1 Å². The molecule has 0 aliphatic heterocycles. The van der Waals surface area contributed by atoms with E-state index in [1.54, 1.807) is 0 Å². The maximum Gasteiger partial charge on any atom is 0.321 e.